The second-order valence-electron chi connectivity index (χ2n) is 4.38. The maximum Gasteiger partial charge on any atom is 0.251 e. The molecule has 0 atom stereocenters. The van der Waals surface area contributed by atoms with E-state index >= 15 is 0 Å². The van der Waals surface area contributed by atoms with Gasteiger partial charge in [0.25, 0.3) is 5.91 Å². The van der Waals surface area contributed by atoms with Gasteiger partial charge in [0, 0.05) is 24.7 Å². The molecule has 0 bridgehead atoms. The third kappa shape index (κ3) is 4.48. The summed E-state index contributed by atoms with van der Waals surface area (Å²) in [4.78, 5) is 11.6. The lowest BCUT2D eigenvalue weighted by atomic mass is 10.1. The Bertz CT molecular complexity index is 588. The highest BCUT2D eigenvalue weighted by Gasteiger charge is 2.08. The molecule has 3 N–H and O–H groups in total. The quantitative estimate of drug-likeness (QED) is 0.892. The van der Waals surface area contributed by atoms with Gasteiger partial charge in [-0.25, -0.2) is 0 Å². The van der Waals surface area contributed by atoms with E-state index in [0.29, 0.717) is 24.5 Å². The van der Waals surface area contributed by atoms with Gasteiger partial charge in [-0.2, -0.15) is 0 Å². The summed E-state index contributed by atoms with van der Waals surface area (Å²) in [7, 11) is 1.60. The highest BCUT2D eigenvalue weighted by molar-refractivity contribution is 5.94. The number of hydrogen-bond donors (Lipinski definition) is 2. The highest BCUT2D eigenvalue weighted by Crippen LogP contribution is 2.21. The van der Waals surface area contributed by atoms with E-state index in [1.807, 2.05) is 30.3 Å². The lowest BCUT2D eigenvalue weighted by molar-refractivity contribution is 0.0963. The molecule has 2 aromatic carbocycles. The van der Waals surface area contributed by atoms with Gasteiger partial charge in [0.05, 0.1) is 0 Å². The number of ether oxygens (including phenoxy) is 1. The molecule has 21 heavy (non-hydrogen) atoms. The largest absolute Gasteiger partial charge is 0.489 e. The van der Waals surface area contributed by atoms with Gasteiger partial charge in [-0.15, -0.1) is 12.4 Å². The monoisotopic (exact) mass is 306 g/mol. The van der Waals surface area contributed by atoms with Crippen LogP contribution in [-0.4, -0.2) is 13.0 Å². The minimum absolute atomic E-state index is 0. The number of carbonyl (C=O) groups excluding carboxylic acids is 1. The Labute approximate surface area is 130 Å². The second-order valence-corrected chi connectivity index (χ2v) is 4.38. The molecule has 0 aliphatic heterocycles. The summed E-state index contributed by atoms with van der Waals surface area (Å²) in [6, 6.07) is 15.2. The molecule has 1 amide bonds. The number of amides is 1. The van der Waals surface area contributed by atoms with E-state index in [9.17, 15) is 4.79 Å². The number of hydrogen-bond acceptors (Lipinski definition) is 3. The van der Waals surface area contributed by atoms with Crippen LogP contribution >= 0.6 is 12.4 Å². The number of nitrogens with one attached hydrogen (secondary N) is 1. The zero-order chi connectivity index (χ0) is 14.4. The van der Waals surface area contributed by atoms with Crippen LogP contribution in [0.4, 0.5) is 0 Å². The minimum Gasteiger partial charge on any atom is -0.489 e. The van der Waals surface area contributed by atoms with Crippen LogP contribution < -0.4 is 15.8 Å². The predicted octanol–water partition coefficient (Wildman–Crippen LogP) is 2.51. The molecule has 0 saturated heterocycles. The highest BCUT2D eigenvalue weighted by atomic mass is 35.5. The van der Waals surface area contributed by atoms with Crippen molar-refractivity contribution in [2.24, 2.45) is 5.73 Å². The maximum atomic E-state index is 11.6. The maximum absolute atomic E-state index is 11.6. The van der Waals surface area contributed by atoms with Crippen molar-refractivity contribution in [2.45, 2.75) is 13.2 Å². The standard InChI is InChI=1S/C16H18N2O2.ClH/c1-18-16(19)13-7-8-15(14(9-13)10-17)20-11-12-5-3-2-4-6-12;/h2-9H,10-11,17H2,1H3,(H,18,19);1H. The van der Waals surface area contributed by atoms with Crippen LogP contribution in [0.5, 0.6) is 5.75 Å². The van der Waals surface area contributed by atoms with Gasteiger partial charge >= 0.3 is 0 Å². The summed E-state index contributed by atoms with van der Waals surface area (Å²) < 4.78 is 5.77. The minimum atomic E-state index is -0.130. The Hall–Kier alpha value is -2.04. The molecule has 0 saturated carbocycles. The van der Waals surface area contributed by atoms with Crippen molar-refractivity contribution in [1.29, 1.82) is 0 Å². The van der Waals surface area contributed by atoms with Crippen molar-refractivity contribution in [3.8, 4) is 5.75 Å². The Balaban J connectivity index is 0.00000220. The van der Waals surface area contributed by atoms with Gasteiger partial charge < -0.3 is 15.8 Å². The van der Waals surface area contributed by atoms with Crippen LogP contribution in [0.1, 0.15) is 21.5 Å². The van der Waals surface area contributed by atoms with E-state index in [4.69, 9.17) is 10.5 Å². The van der Waals surface area contributed by atoms with E-state index in [1.165, 1.54) is 0 Å². The first-order valence-electron chi connectivity index (χ1n) is 6.46. The molecule has 2 rings (SSSR count). The molecule has 0 aromatic heterocycles. The fourth-order valence-electron chi connectivity index (χ4n) is 1.90. The SMILES string of the molecule is CNC(=O)c1ccc(OCc2ccccc2)c(CN)c1.Cl. The van der Waals surface area contributed by atoms with Crippen molar-refractivity contribution < 1.29 is 9.53 Å². The number of benzene rings is 2. The summed E-state index contributed by atoms with van der Waals surface area (Å²) in [5.74, 6) is 0.582. The molecule has 0 aliphatic rings. The number of carbonyl (C=O) groups is 1. The van der Waals surface area contributed by atoms with Crippen LogP contribution in [0.25, 0.3) is 0 Å². The third-order valence-corrected chi connectivity index (χ3v) is 3.01. The average molecular weight is 307 g/mol. The topological polar surface area (TPSA) is 64.3 Å². The summed E-state index contributed by atoms with van der Waals surface area (Å²) in [6.45, 7) is 0.808. The molecule has 0 aliphatic carbocycles. The molecular weight excluding hydrogens is 288 g/mol. The van der Waals surface area contributed by atoms with Crippen molar-refractivity contribution >= 4 is 18.3 Å². The van der Waals surface area contributed by atoms with E-state index in [-0.39, 0.29) is 18.3 Å². The van der Waals surface area contributed by atoms with Crippen LogP contribution in [-0.2, 0) is 13.2 Å². The van der Waals surface area contributed by atoms with Crippen LogP contribution in [0, 0.1) is 0 Å². The van der Waals surface area contributed by atoms with E-state index < -0.39 is 0 Å². The lowest BCUT2D eigenvalue weighted by Gasteiger charge is -2.12. The third-order valence-electron chi connectivity index (χ3n) is 3.01. The molecule has 112 valence electrons. The molecule has 5 heteroatoms. The van der Waals surface area contributed by atoms with Gasteiger partial charge in [-0.3, -0.25) is 4.79 Å². The Kier molecular flexibility index (Phi) is 6.72. The second kappa shape index (κ2) is 8.29. The molecule has 4 nitrogen and oxygen atoms in total. The van der Waals surface area contributed by atoms with Gasteiger partial charge in [-0.05, 0) is 23.8 Å². The van der Waals surface area contributed by atoms with Gasteiger partial charge in [0.15, 0.2) is 0 Å². The van der Waals surface area contributed by atoms with Gasteiger partial charge in [-0.1, -0.05) is 30.3 Å². The van der Waals surface area contributed by atoms with Crippen LogP contribution in [0.15, 0.2) is 48.5 Å². The Morgan fingerprint density at radius 1 is 1.19 bits per heavy atom. The summed E-state index contributed by atoms with van der Waals surface area (Å²) in [6.07, 6.45) is 0. The molecule has 0 unspecified atom stereocenters. The Morgan fingerprint density at radius 2 is 1.90 bits per heavy atom. The predicted molar refractivity (Wildman–Crippen MR) is 85.7 cm³/mol. The van der Waals surface area contributed by atoms with Gasteiger partial charge in [0.1, 0.15) is 12.4 Å². The van der Waals surface area contributed by atoms with E-state index in [0.717, 1.165) is 11.1 Å². The summed E-state index contributed by atoms with van der Waals surface area (Å²) in [5, 5.41) is 2.59. The zero-order valence-corrected chi connectivity index (χ0v) is 12.7. The molecule has 0 spiro atoms. The molecule has 0 fully saturated rings. The summed E-state index contributed by atoms with van der Waals surface area (Å²) >= 11 is 0. The average Bonchev–Trinajstić information content (AvgIpc) is 2.53. The van der Waals surface area contributed by atoms with Crippen molar-refractivity contribution in [2.75, 3.05) is 7.05 Å². The fourth-order valence-corrected chi connectivity index (χ4v) is 1.90. The van der Waals surface area contributed by atoms with E-state index in [2.05, 4.69) is 5.32 Å². The van der Waals surface area contributed by atoms with Crippen molar-refractivity contribution in [1.82, 2.24) is 5.32 Å². The fraction of sp³-hybridized carbons (Fsp3) is 0.188. The molecular formula is C16H19ClN2O2. The molecule has 2 aromatic rings. The van der Waals surface area contributed by atoms with E-state index in [1.54, 1.807) is 25.2 Å². The Morgan fingerprint density at radius 3 is 2.52 bits per heavy atom. The van der Waals surface area contributed by atoms with Crippen LogP contribution in [0.3, 0.4) is 0 Å². The first-order valence-corrected chi connectivity index (χ1v) is 6.46. The number of halogens is 1. The van der Waals surface area contributed by atoms with Crippen molar-refractivity contribution in [3.63, 3.8) is 0 Å². The molecule has 0 radical (unpaired) electrons. The first-order chi connectivity index (χ1) is 9.74. The number of nitrogens with two attached hydrogens (primary N) is 1. The van der Waals surface area contributed by atoms with Gasteiger partial charge in [0.2, 0.25) is 0 Å². The normalized spacial score (nSPS) is 9.62. The van der Waals surface area contributed by atoms with Crippen LogP contribution in [0.2, 0.25) is 0 Å². The lowest BCUT2D eigenvalue weighted by Crippen LogP contribution is -2.18. The zero-order valence-electron chi connectivity index (χ0n) is 11.8. The van der Waals surface area contributed by atoms with Crippen molar-refractivity contribution in [3.05, 3.63) is 65.2 Å². The smallest absolute Gasteiger partial charge is 0.251 e. The molecule has 0 heterocycles. The first kappa shape index (κ1) is 17.0. The number of rotatable bonds is 5. The summed E-state index contributed by atoms with van der Waals surface area (Å²) in [5.41, 5.74) is 8.21.